The summed E-state index contributed by atoms with van der Waals surface area (Å²) in [6.45, 7) is 0.813. The van der Waals surface area contributed by atoms with Crippen molar-refractivity contribution in [3.8, 4) is 11.1 Å². The van der Waals surface area contributed by atoms with Crippen LogP contribution in [0.25, 0.3) is 22.1 Å². The number of nitrogens with one attached hydrogen (secondary N) is 2. The number of carbonyl (C=O) groups excluding carboxylic acids is 2. The molecule has 0 aliphatic carbocycles. The lowest BCUT2D eigenvalue weighted by molar-refractivity contribution is -0.119. The molecule has 1 saturated heterocycles. The molecule has 2 heterocycles. The van der Waals surface area contributed by atoms with Gasteiger partial charge in [-0.2, -0.15) is 0 Å². The van der Waals surface area contributed by atoms with Crippen LogP contribution in [0.4, 0.5) is 14.9 Å². The molecule has 4 N–H and O–H groups in total. The maximum absolute atomic E-state index is 14.2. The van der Waals surface area contributed by atoms with Gasteiger partial charge in [0.15, 0.2) is 0 Å². The molecule has 190 valence electrons. The first kappa shape index (κ1) is 24.8. The van der Waals surface area contributed by atoms with E-state index in [0.29, 0.717) is 37.2 Å². The minimum Gasteiger partial charge on any atom is -0.464 e. The molecule has 1 aliphatic heterocycles. The van der Waals surface area contributed by atoms with Crippen LogP contribution in [0.5, 0.6) is 0 Å². The van der Waals surface area contributed by atoms with Crippen molar-refractivity contribution in [2.75, 3.05) is 11.9 Å². The molecule has 0 spiro atoms. The Morgan fingerprint density at radius 2 is 1.97 bits per heavy atom. The van der Waals surface area contributed by atoms with Gasteiger partial charge in [-0.3, -0.25) is 4.79 Å². The predicted octanol–water partition coefficient (Wildman–Crippen LogP) is 5.66. The molecular weight excluding hydrogens is 495 g/mol. The van der Waals surface area contributed by atoms with Crippen molar-refractivity contribution in [1.82, 2.24) is 10.2 Å². The summed E-state index contributed by atoms with van der Waals surface area (Å²) < 4.78 is 19.9. The number of furan rings is 1. The van der Waals surface area contributed by atoms with Crippen molar-refractivity contribution >= 4 is 40.2 Å². The summed E-state index contributed by atoms with van der Waals surface area (Å²) in [7, 11) is 0. The van der Waals surface area contributed by atoms with Gasteiger partial charge in [-0.25, -0.2) is 9.18 Å². The van der Waals surface area contributed by atoms with Gasteiger partial charge in [-0.1, -0.05) is 41.9 Å². The molecule has 37 heavy (non-hydrogen) atoms. The molecule has 5 rings (SSSR count). The fourth-order valence-corrected chi connectivity index (χ4v) is 4.89. The van der Waals surface area contributed by atoms with Crippen LogP contribution < -0.4 is 16.4 Å². The van der Waals surface area contributed by atoms with Crippen LogP contribution in [0.2, 0.25) is 5.02 Å². The average molecular weight is 521 g/mol. The largest absolute Gasteiger partial charge is 0.464 e. The number of anilines is 1. The van der Waals surface area contributed by atoms with Gasteiger partial charge in [-0.15, -0.1) is 0 Å². The van der Waals surface area contributed by atoms with Crippen molar-refractivity contribution < 1.29 is 18.4 Å². The van der Waals surface area contributed by atoms with E-state index < -0.39 is 17.9 Å². The van der Waals surface area contributed by atoms with E-state index in [-0.39, 0.29) is 23.0 Å². The number of nitrogens with two attached hydrogens (primary N) is 1. The van der Waals surface area contributed by atoms with Crippen molar-refractivity contribution in [3.05, 3.63) is 88.9 Å². The zero-order valence-corrected chi connectivity index (χ0v) is 20.7. The number of carbonyl (C=O) groups is 2. The average Bonchev–Trinajstić information content (AvgIpc) is 3.59. The normalized spacial score (nSPS) is 15.2. The summed E-state index contributed by atoms with van der Waals surface area (Å²) in [5, 5.41) is 6.52. The first-order valence-corrected chi connectivity index (χ1v) is 12.4. The highest BCUT2D eigenvalue weighted by molar-refractivity contribution is 6.30. The molecule has 3 amide bonds. The number of urea groups is 1. The summed E-state index contributed by atoms with van der Waals surface area (Å²) >= 11 is 5.83. The summed E-state index contributed by atoms with van der Waals surface area (Å²) in [5.41, 5.74) is 10.1. The topological polar surface area (TPSA) is 101 Å². The Morgan fingerprint density at radius 1 is 1.14 bits per heavy atom. The zero-order chi connectivity index (χ0) is 25.9. The van der Waals surface area contributed by atoms with E-state index in [2.05, 4.69) is 10.6 Å². The number of amides is 3. The minimum absolute atomic E-state index is 0.00566. The minimum atomic E-state index is -0.645. The number of nitrogens with zero attached hydrogens (tertiary/aromatic N) is 1. The van der Waals surface area contributed by atoms with Gasteiger partial charge < -0.3 is 25.7 Å². The van der Waals surface area contributed by atoms with Crippen LogP contribution in [0.15, 0.2) is 71.3 Å². The molecule has 7 nitrogen and oxygen atoms in total. The lowest BCUT2D eigenvalue weighted by atomic mass is 10.0. The Morgan fingerprint density at radius 3 is 2.81 bits per heavy atom. The molecule has 1 fully saturated rings. The van der Waals surface area contributed by atoms with E-state index in [1.807, 2.05) is 42.5 Å². The van der Waals surface area contributed by atoms with E-state index in [1.165, 1.54) is 11.0 Å². The lowest BCUT2D eigenvalue weighted by Gasteiger charge is -2.24. The van der Waals surface area contributed by atoms with Gasteiger partial charge in [0, 0.05) is 41.8 Å². The molecule has 0 saturated carbocycles. The van der Waals surface area contributed by atoms with Crippen LogP contribution in [-0.4, -0.2) is 29.4 Å². The van der Waals surface area contributed by atoms with E-state index in [0.717, 1.165) is 22.1 Å². The molecule has 1 aliphatic rings. The van der Waals surface area contributed by atoms with Crippen molar-refractivity contribution in [2.45, 2.75) is 32.0 Å². The highest BCUT2D eigenvalue weighted by atomic mass is 35.5. The summed E-state index contributed by atoms with van der Waals surface area (Å²) in [6, 6.07) is 16.9. The number of likely N-dealkylation sites (tertiary alicyclic amines) is 1. The molecular formula is C28H26ClFN4O3. The fourth-order valence-electron chi connectivity index (χ4n) is 4.70. The number of fused-ring (bicyclic) bond motifs is 1. The standard InChI is InChI=1S/C28H26ClFN4O3/c29-23-7-2-6-20(25(23)30)16-32-28(36)34-10-3-8-24(34)27(35)33-21-13-19-9-11-37-26(19)22(14-21)18-5-1-4-17(12-18)15-31/h1-2,4-7,9,11-14,24H,3,8,10,15-16,31H2,(H,32,36)(H,33,35). The molecule has 1 atom stereocenters. The Bertz CT molecular complexity index is 1470. The van der Waals surface area contributed by atoms with Crippen molar-refractivity contribution in [2.24, 2.45) is 5.73 Å². The number of benzene rings is 3. The molecule has 0 radical (unpaired) electrons. The first-order valence-electron chi connectivity index (χ1n) is 12.0. The first-order chi connectivity index (χ1) is 17.9. The van der Waals surface area contributed by atoms with E-state index in [1.54, 1.807) is 18.4 Å². The Hall–Kier alpha value is -3.88. The molecule has 0 bridgehead atoms. The third kappa shape index (κ3) is 5.16. The number of halogens is 2. The highest BCUT2D eigenvalue weighted by Gasteiger charge is 2.34. The zero-order valence-electron chi connectivity index (χ0n) is 20.0. The van der Waals surface area contributed by atoms with Crippen LogP contribution >= 0.6 is 11.6 Å². The third-order valence-electron chi connectivity index (χ3n) is 6.57. The monoisotopic (exact) mass is 520 g/mol. The van der Waals surface area contributed by atoms with Crippen molar-refractivity contribution in [3.63, 3.8) is 0 Å². The van der Waals surface area contributed by atoms with Crippen LogP contribution in [-0.2, 0) is 17.9 Å². The second-order valence-corrected chi connectivity index (χ2v) is 9.39. The van der Waals surface area contributed by atoms with E-state index in [4.69, 9.17) is 21.8 Å². The maximum Gasteiger partial charge on any atom is 0.318 e. The van der Waals surface area contributed by atoms with Gasteiger partial charge in [0.2, 0.25) is 5.91 Å². The van der Waals surface area contributed by atoms with Crippen LogP contribution in [0.1, 0.15) is 24.0 Å². The molecule has 1 aromatic heterocycles. The fraction of sp³-hybridized carbons (Fsp3) is 0.214. The highest BCUT2D eigenvalue weighted by Crippen LogP contribution is 2.34. The third-order valence-corrected chi connectivity index (χ3v) is 6.86. The van der Waals surface area contributed by atoms with E-state index in [9.17, 15) is 14.0 Å². The molecule has 3 aromatic carbocycles. The SMILES string of the molecule is NCc1cccc(-c2cc(NC(=O)C3CCCN3C(=O)NCc3cccc(Cl)c3F)cc3ccoc23)c1. The van der Waals surface area contributed by atoms with Crippen LogP contribution in [0.3, 0.4) is 0 Å². The van der Waals surface area contributed by atoms with Gasteiger partial charge >= 0.3 is 6.03 Å². The van der Waals surface area contributed by atoms with Gasteiger partial charge in [-0.05, 0) is 54.3 Å². The van der Waals surface area contributed by atoms with E-state index >= 15 is 0 Å². The predicted molar refractivity (Wildman–Crippen MR) is 142 cm³/mol. The number of hydrogen-bond donors (Lipinski definition) is 3. The number of hydrogen-bond acceptors (Lipinski definition) is 4. The smallest absolute Gasteiger partial charge is 0.318 e. The Labute approximate surface area is 218 Å². The molecule has 9 heteroatoms. The van der Waals surface area contributed by atoms with Gasteiger partial charge in [0.1, 0.15) is 17.4 Å². The number of rotatable bonds is 6. The van der Waals surface area contributed by atoms with Crippen LogP contribution in [0, 0.1) is 5.82 Å². The lowest BCUT2D eigenvalue weighted by Crippen LogP contribution is -2.47. The summed E-state index contributed by atoms with van der Waals surface area (Å²) in [6.07, 6.45) is 2.83. The summed E-state index contributed by atoms with van der Waals surface area (Å²) in [4.78, 5) is 27.6. The second kappa shape index (κ2) is 10.6. The summed E-state index contributed by atoms with van der Waals surface area (Å²) in [5.74, 6) is -0.853. The van der Waals surface area contributed by atoms with Gasteiger partial charge in [0.25, 0.3) is 0 Å². The quantitative estimate of drug-likeness (QED) is 0.305. The Kier molecular flexibility index (Phi) is 7.12. The van der Waals surface area contributed by atoms with Gasteiger partial charge in [0.05, 0.1) is 11.3 Å². The maximum atomic E-state index is 14.2. The second-order valence-electron chi connectivity index (χ2n) is 8.98. The Balaban J connectivity index is 1.33. The van der Waals surface area contributed by atoms with Crippen molar-refractivity contribution in [1.29, 1.82) is 0 Å². The molecule has 1 unspecified atom stereocenters. The molecule has 4 aromatic rings.